The van der Waals surface area contributed by atoms with E-state index in [4.69, 9.17) is 4.74 Å². The van der Waals surface area contributed by atoms with Gasteiger partial charge in [0.05, 0.1) is 24.4 Å². The van der Waals surface area contributed by atoms with E-state index in [1.165, 1.54) is 0 Å². The number of amides is 2. The van der Waals surface area contributed by atoms with Gasteiger partial charge in [-0.2, -0.15) is 5.10 Å². The molecule has 0 radical (unpaired) electrons. The molecule has 7 nitrogen and oxygen atoms in total. The number of morpholine rings is 1. The van der Waals surface area contributed by atoms with Crippen molar-refractivity contribution < 1.29 is 14.3 Å². The fourth-order valence-electron chi connectivity index (χ4n) is 5.00. The van der Waals surface area contributed by atoms with Gasteiger partial charge in [-0.15, -0.1) is 0 Å². The highest BCUT2D eigenvalue weighted by Gasteiger charge is 2.43. The lowest BCUT2D eigenvalue weighted by Gasteiger charge is -2.45. The van der Waals surface area contributed by atoms with Gasteiger partial charge in [-0.3, -0.25) is 14.3 Å². The molecular formula is C20H30N4O3. The minimum atomic E-state index is -0.0383. The lowest BCUT2D eigenvalue weighted by Crippen LogP contribution is -2.57. The summed E-state index contributed by atoms with van der Waals surface area (Å²) in [4.78, 5) is 27.8. The number of carbonyl (C=O) groups is 2. The van der Waals surface area contributed by atoms with E-state index in [2.05, 4.69) is 10.4 Å². The average Bonchev–Trinajstić information content (AvgIpc) is 3.02. The fourth-order valence-corrected chi connectivity index (χ4v) is 5.00. The molecule has 4 rings (SSSR count). The quantitative estimate of drug-likeness (QED) is 0.869. The third kappa shape index (κ3) is 3.37. The summed E-state index contributed by atoms with van der Waals surface area (Å²) < 4.78 is 7.73. The Balaban J connectivity index is 1.58. The van der Waals surface area contributed by atoms with Gasteiger partial charge in [0.1, 0.15) is 5.69 Å². The molecule has 0 aromatic carbocycles. The van der Waals surface area contributed by atoms with Crippen LogP contribution in [0.25, 0.3) is 0 Å². The highest BCUT2D eigenvalue weighted by atomic mass is 16.5. The van der Waals surface area contributed by atoms with E-state index in [-0.39, 0.29) is 29.9 Å². The van der Waals surface area contributed by atoms with Crippen LogP contribution in [0.3, 0.4) is 0 Å². The molecule has 7 heteroatoms. The molecule has 1 aromatic heterocycles. The van der Waals surface area contributed by atoms with Gasteiger partial charge in [0.25, 0.3) is 5.91 Å². The number of nitrogens with one attached hydrogen (secondary N) is 1. The minimum Gasteiger partial charge on any atom is -0.374 e. The Morgan fingerprint density at radius 1 is 1.26 bits per heavy atom. The number of aryl methyl sites for hydroxylation is 2. The molecule has 1 aromatic rings. The maximum absolute atomic E-state index is 13.5. The molecule has 3 aliphatic rings. The monoisotopic (exact) mass is 374 g/mol. The Bertz CT molecular complexity index is 729. The largest absolute Gasteiger partial charge is 0.374 e. The van der Waals surface area contributed by atoms with Gasteiger partial charge in [-0.05, 0) is 51.9 Å². The van der Waals surface area contributed by atoms with Crippen LogP contribution in [0.15, 0.2) is 0 Å². The number of nitrogens with zero attached hydrogens (tertiary/aromatic N) is 3. The molecule has 1 aliphatic heterocycles. The summed E-state index contributed by atoms with van der Waals surface area (Å²) in [5.41, 5.74) is 2.96. The first-order valence-corrected chi connectivity index (χ1v) is 10.3. The van der Waals surface area contributed by atoms with Gasteiger partial charge in [0.2, 0.25) is 5.91 Å². The van der Waals surface area contributed by atoms with Gasteiger partial charge in [-0.1, -0.05) is 0 Å². The first-order valence-electron chi connectivity index (χ1n) is 10.3. The summed E-state index contributed by atoms with van der Waals surface area (Å²) in [7, 11) is 1.88. The summed E-state index contributed by atoms with van der Waals surface area (Å²) in [6.07, 6.45) is 6.55. The lowest BCUT2D eigenvalue weighted by molar-refractivity contribution is -0.131. The van der Waals surface area contributed by atoms with Crippen molar-refractivity contribution in [3.63, 3.8) is 0 Å². The van der Waals surface area contributed by atoms with Gasteiger partial charge < -0.3 is 15.0 Å². The standard InChI is InChI=1S/C20H30N4O3/c1-3-21-19(25)13-8-9-17-16(12-13)24(10-11-27-17)20(26)18-14-6-4-5-7-15(14)22-23(18)2/h13,16-17H,3-12H2,1-2H3,(H,21,25)/t13-,16+,17+/m0/s1. The zero-order valence-electron chi connectivity index (χ0n) is 16.4. The number of fused-ring (bicyclic) bond motifs is 2. The summed E-state index contributed by atoms with van der Waals surface area (Å²) in [5.74, 6) is 0.124. The second-order valence-corrected chi connectivity index (χ2v) is 7.98. The van der Waals surface area contributed by atoms with Gasteiger partial charge in [-0.25, -0.2) is 0 Å². The van der Waals surface area contributed by atoms with E-state index >= 15 is 0 Å². The van der Waals surface area contributed by atoms with Crippen molar-refractivity contribution in [1.82, 2.24) is 20.0 Å². The first-order chi connectivity index (χ1) is 13.1. The molecule has 1 saturated heterocycles. The molecule has 1 saturated carbocycles. The molecule has 0 bridgehead atoms. The molecular weight excluding hydrogens is 344 g/mol. The van der Waals surface area contributed by atoms with Crippen LogP contribution in [0.1, 0.15) is 60.8 Å². The van der Waals surface area contributed by atoms with Crippen LogP contribution in [-0.2, 0) is 29.4 Å². The van der Waals surface area contributed by atoms with E-state index in [0.717, 1.165) is 55.5 Å². The molecule has 0 spiro atoms. The van der Waals surface area contributed by atoms with Crippen molar-refractivity contribution in [2.24, 2.45) is 13.0 Å². The van der Waals surface area contributed by atoms with Crippen LogP contribution in [-0.4, -0.2) is 58.3 Å². The fraction of sp³-hybridized carbons (Fsp3) is 0.750. The van der Waals surface area contributed by atoms with E-state index in [9.17, 15) is 9.59 Å². The van der Waals surface area contributed by atoms with E-state index in [1.54, 1.807) is 4.68 Å². The van der Waals surface area contributed by atoms with Gasteiger partial charge in [0, 0.05) is 31.6 Å². The summed E-state index contributed by atoms with van der Waals surface area (Å²) >= 11 is 0. The Hall–Kier alpha value is -1.89. The highest BCUT2D eigenvalue weighted by Crippen LogP contribution is 2.34. The number of carbonyl (C=O) groups excluding carboxylic acids is 2. The number of hydrogen-bond donors (Lipinski definition) is 1. The molecule has 2 fully saturated rings. The Labute approximate surface area is 160 Å². The Morgan fingerprint density at radius 2 is 2.07 bits per heavy atom. The molecule has 3 atom stereocenters. The zero-order valence-corrected chi connectivity index (χ0v) is 16.4. The van der Waals surface area contributed by atoms with Gasteiger partial charge >= 0.3 is 0 Å². The Morgan fingerprint density at radius 3 is 2.89 bits per heavy atom. The molecule has 2 amide bonds. The predicted octanol–water partition coefficient (Wildman–Crippen LogP) is 1.44. The van der Waals surface area contributed by atoms with Crippen molar-refractivity contribution in [3.8, 4) is 0 Å². The summed E-state index contributed by atoms with van der Waals surface area (Å²) in [6, 6.07) is -0.0262. The third-order valence-electron chi connectivity index (χ3n) is 6.32. The maximum atomic E-state index is 13.5. The second kappa shape index (κ2) is 7.62. The van der Waals surface area contributed by atoms with Crippen LogP contribution < -0.4 is 5.32 Å². The number of ether oxygens (including phenoxy) is 1. The van der Waals surface area contributed by atoms with Crippen LogP contribution in [0.2, 0.25) is 0 Å². The normalized spacial score (nSPS) is 27.6. The van der Waals surface area contributed by atoms with Crippen molar-refractivity contribution >= 4 is 11.8 Å². The SMILES string of the molecule is CCNC(=O)[C@H]1CC[C@H]2OCCN(C(=O)c3c4c(nn3C)CCCC4)[C@@H]2C1. The molecule has 27 heavy (non-hydrogen) atoms. The third-order valence-corrected chi connectivity index (χ3v) is 6.32. The van der Waals surface area contributed by atoms with Gasteiger partial charge in [0.15, 0.2) is 0 Å². The van der Waals surface area contributed by atoms with Crippen molar-refractivity contribution in [1.29, 1.82) is 0 Å². The van der Waals surface area contributed by atoms with Crippen molar-refractivity contribution in [2.45, 2.75) is 64.0 Å². The van der Waals surface area contributed by atoms with Crippen LogP contribution in [0.4, 0.5) is 0 Å². The van der Waals surface area contributed by atoms with Crippen LogP contribution >= 0.6 is 0 Å². The summed E-state index contributed by atoms with van der Waals surface area (Å²) in [5, 5.41) is 7.55. The van der Waals surface area contributed by atoms with E-state index in [0.29, 0.717) is 26.1 Å². The zero-order chi connectivity index (χ0) is 19.0. The minimum absolute atomic E-state index is 0.0262. The molecule has 0 unspecified atom stereocenters. The average molecular weight is 374 g/mol. The van der Waals surface area contributed by atoms with Crippen molar-refractivity contribution in [3.05, 3.63) is 17.0 Å². The van der Waals surface area contributed by atoms with E-state index in [1.807, 2.05) is 18.9 Å². The second-order valence-electron chi connectivity index (χ2n) is 7.98. The van der Waals surface area contributed by atoms with E-state index < -0.39 is 0 Å². The van der Waals surface area contributed by atoms with Crippen LogP contribution in [0, 0.1) is 5.92 Å². The first kappa shape index (κ1) is 18.5. The number of aromatic nitrogens is 2. The summed E-state index contributed by atoms with van der Waals surface area (Å²) in [6.45, 7) is 3.74. The molecule has 2 heterocycles. The number of rotatable bonds is 3. The molecule has 2 aliphatic carbocycles. The lowest BCUT2D eigenvalue weighted by atomic mass is 9.81. The highest BCUT2D eigenvalue weighted by molar-refractivity contribution is 5.95. The predicted molar refractivity (Wildman–Crippen MR) is 100 cm³/mol. The number of hydrogen-bond acceptors (Lipinski definition) is 4. The maximum Gasteiger partial charge on any atom is 0.272 e. The van der Waals surface area contributed by atoms with Crippen molar-refractivity contribution in [2.75, 3.05) is 19.7 Å². The molecule has 148 valence electrons. The smallest absolute Gasteiger partial charge is 0.272 e. The molecule has 1 N–H and O–H groups in total. The van der Waals surface area contributed by atoms with Crippen LogP contribution in [0.5, 0.6) is 0 Å². The topological polar surface area (TPSA) is 76.5 Å². The Kier molecular flexibility index (Phi) is 5.21.